The second-order valence-electron chi connectivity index (χ2n) is 6.96. The number of hydrogen-bond donors (Lipinski definition) is 1. The van der Waals surface area contributed by atoms with Crippen LogP contribution in [0, 0.1) is 0 Å². The molecule has 0 amide bonds. The van der Waals surface area contributed by atoms with Gasteiger partial charge in [-0.1, -0.05) is 18.2 Å². The first-order valence-corrected chi connectivity index (χ1v) is 10.0. The SMILES string of the molecule is CN=C(NCCCCN(C)c1ccccc1)N1CCN(c2ncccn2)CC1. The van der Waals surface area contributed by atoms with Gasteiger partial charge in [-0.15, -0.1) is 0 Å². The van der Waals surface area contributed by atoms with Gasteiger partial charge in [0.25, 0.3) is 0 Å². The van der Waals surface area contributed by atoms with E-state index in [0.717, 1.165) is 64.0 Å². The van der Waals surface area contributed by atoms with Crippen molar-refractivity contribution < 1.29 is 0 Å². The van der Waals surface area contributed by atoms with E-state index in [-0.39, 0.29) is 0 Å². The molecule has 1 aliphatic rings. The van der Waals surface area contributed by atoms with E-state index in [0.29, 0.717) is 0 Å². The standard InChI is InChI=1S/C21H31N7/c1-22-20(23-11-6-7-14-26(2)19-9-4-3-5-10-19)27-15-17-28(18-16-27)21-24-12-8-13-25-21/h3-5,8-10,12-13H,6-7,11,14-18H2,1-2H3,(H,22,23). The van der Waals surface area contributed by atoms with Crippen LogP contribution in [0.15, 0.2) is 53.8 Å². The van der Waals surface area contributed by atoms with Crippen molar-refractivity contribution in [2.45, 2.75) is 12.8 Å². The first-order chi connectivity index (χ1) is 13.8. The normalized spacial score (nSPS) is 14.9. The quantitative estimate of drug-likeness (QED) is 0.450. The lowest BCUT2D eigenvalue weighted by Crippen LogP contribution is -2.53. The topological polar surface area (TPSA) is 59.9 Å². The number of para-hydroxylation sites is 1. The fourth-order valence-corrected chi connectivity index (χ4v) is 3.39. The summed E-state index contributed by atoms with van der Waals surface area (Å²) in [5.74, 6) is 1.80. The number of unbranched alkanes of at least 4 members (excludes halogenated alkanes) is 1. The summed E-state index contributed by atoms with van der Waals surface area (Å²) in [4.78, 5) is 20.0. The fourth-order valence-electron chi connectivity index (χ4n) is 3.39. The minimum Gasteiger partial charge on any atom is -0.375 e. The highest BCUT2D eigenvalue weighted by Gasteiger charge is 2.20. The van der Waals surface area contributed by atoms with Crippen LogP contribution in [0.4, 0.5) is 11.6 Å². The number of anilines is 2. The highest BCUT2D eigenvalue weighted by atomic mass is 15.4. The molecule has 1 N–H and O–H groups in total. The molecule has 3 rings (SSSR count). The molecule has 2 heterocycles. The van der Waals surface area contributed by atoms with Gasteiger partial charge in [-0.25, -0.2) is 9.97 Å². The molecule has 0 saturated carbocycles. The molecule has 150 valence electrons. The van der Waals surface area contributed by atoms with Gasteiger partial charge in [0.1, 0.15) is 0 Å². The van der Waals surface area contributed by atoms with E-state index in [1.807, 2.05) is 13.1 Å². The summed E-state index contributed by atoms with van der Waals surface area (Å²) >= 11 is 0. The first kappa shape index (κ1) is 19.9. The minimum absolute atomic E-state index is 0.813. The molecule has 0 aliphatic carbocycles. The largest absolute Gasteiger partial charge is 0.375 e. The fraction of sp³-hybridized carbons (Fsp3) is 0.476. The van der Waals surface area contributed by atoms with E-state index in [1.165, 1.54) is 5.69 Å². The van der Waals surface area contributed by atoms with E-state index in [2.05, 4.69) is 72.4 Å². The molecule has 28 heavy (non-hydrogen) atoms. The third kappa shape index (κ3) is 5.58. The zero-order valence-electron chi connectivity index (χ0n) is 17.0. The van der Waals surface area contributed by atoms with Gasteiger partial charge in [0, 0.05) is 71.4 Å². The van der Waals surface area contributed by atoms with Crippen LogP contribution in [0.5, 0.6) is 0 Å². The van der Waals surface area contributed by atoms with E-state index in [9.17, 15) is 0 Å². The number of aliphatic imine (C=N–C) groups is 1. The van der Waals surface area contributed by atoms with Gasteiger partial charge >= 0.3 is 0 Å². The number of nitrogens with zero attached hydrogens (tertiary/aromatic N) is 6. The average molecular weight is 382 g/mol. The number of hydrogen-bond acceptors (Lipinski definition) is 5. The molecule has 0 unspecified atom stereocenters. The Morgan fingerprint density at radius 1 is 1.04 bits per heavy atom. The average Bonchev–Trinajstić information content (AvgIpc) is 2.77. The Balaban J connectivity index is 1.35. The summed E-state index contributed by atoms with van der Waals surface area (Å²) < 4.78 is 0. The molecular formula is C21H31N7. The highest BCUT2D eigenvalue weighted by molar-refractivity contribution is 5.80. The zero-order chi connectivity index (χ0) is 19.6. The maximum Gasteiger partial charge on any atom is 0.225 e. The molecular weight excluding hydrogens is 350 g/mol. The highest BCUT2D eigenvalue weighted by Crippen LogP contribution is 2.12. The maximum atomic E-state index is 4.46. The smallest absolute Gasteiger partial charge is 0.225 e. The van der Waals surface area contributed by atoms with Crippen molar-refractivity contribution >= 4 is 17.6 Å². The van der Waals surface area contributed by atoms with Crippen LogP contribution in [0.1, 0.15) is 12.8 Å². The van der Waals surface area contributed by atoms with Crippen molar-refractivity contribution in [2.75, 3.05) is 63.2 Å². The van der Waals surface area contributed by atoms with Crippen LogP contribution in [0.3, 0.4) is 0 Å². The summed E-state index contributed by atoms with van der Waals surface area (Å²) in [6.07, 6.45) is 5.86. The second kappa shape index (κ2) is 10.5. The first-order valence-electron chi connectivity index (χ1n) is 10.0. The molecule has 1 saturated heterocycles. The molecule has 1 aromatic carbocycles. The van der Waals surface area contributed by atoms with Crippen molar-refractivity contribution in [3.8, 4) is 0 Å². The van der Waals surface area contributed by atoms with Gasteiger partial charge in [-0.3, -0.25) is 4.99 Å². The molecule has 7 heteroatoms. The third-order valence-corrected chi connectivity index (χ3v) is 5.03. The van der Waals surface area contributed by atoms with Crippen LogP contribution in [0.25, 0.3) is 0 Å². The van der Waals surface area contributed by atoms with E-state index in [4.69, 9.17) is 0 Å². The van der Waals surface area contributed by atoms with Gasteiger partial charge in [0.15, 0.2) is 5.96 Å². The van der Waals surface area contributed by atoms with Crippen LogP contribution < -0.4 is 15.1 Å². The molecule has 0 atom stereocenters. The van der Waals surface area contributed by atoms with Gasteiger partial charge < -0.3 is 20.0 Å². The number of aromatic nitrogens is 2. The summed E-state index contributed by atoms with van der Waals surface area (Å²) in [5, 5.41) is 3.51. The Kier molecular flexibility index (Phi) is 7.46. The Bertz CT molecular complexity index is 712. The monoisotopic (exact) mass is 381 g/mol. The number of guanidine groups is 1. The van der Waals surface area contributed by atoms with E-state index in [1.54, 1.807) is 12.4 Å². The molecule has 2 aromatic rings. The third-order valence-electron chi connectivity index (χ3n) is 5.03. The summed E-state index contributed by atoms with van der Waals surface area (Å²) in [7, 11) is 4.01. The van der Waals surface area contributed by atoms with Crippen molar-refractivity contribution in [3.63, 3.8) is 0 Å². The minimum atomic E-state index is 0.813. The van der Waals surface area contributed by atoms with Crippen LogP contribution in [0.2, 0.25) is 0 Å². The molecule has 7 nitrogen and oxygen atoms in total. The molecule has 1 aliphatic heterocycles. The molecule has 0 spiro atoms. The Hall–Kier alpha value is -2.83. The predicted molar refractivity (Wildman–Crippen MR) is 116 cm³/mol. The molecule has 1 aromatic heterocycles. The Labute approximate surface area is 168 Å². The van der Waals surface area contributed by atoms with Crippen molar-refractivity contribution in [2.24, 2.45) is 4.99 Å². The van der Waals surface area contributed by atoms with Gasteiger partial charge in [-0.2, -0.15) is 0 Å². The number of rotatable bonds is 7. The van der Waals surface area contributed by atoms with E-state index < -0.39 is 0 Å². The lowest BCUT2D eigenvalue weighted by atomic mass is 10.2. The predicted octanol–water partition coefficient (Wildman–Crippen LogP) is 2.09. The Morgan fingerprint density at radius 3 is 2.43 bits per heavy atom. The van der Waals surface area contributed by atoms with Crippen LogP contribution in [-0.2, 0) is 0 Å². The van der Waals surface area contributed by atoms with Crippen molar-refractivity contribution in [1.29, 1.82) is 0 Å². The molecule has 0 bridgehead atoms. The van der Waals surface area contributed by atoms with Gasteiger partial charge in [0.05, 0.1) is 0 Å². The lowest BCUT2D eigenvalue weighted by molar-refractivity contribution is 0.370. The number of benzene rings is 1. The molecule has 1 fully saturated rings. The number of piperazine rings is 1. The number of nitrogens with one attached hydrogen (secondary N) is 1. The van der Waals surface area contributed by atoms with Gasteiger partial charge in [-0.05, 0) is 31.0 Å². The summed E-state index contributed by atoms with van der Waals surface area (Å²) in [6, 6.07) is 12.4. The maximum absolute atomic E-state index is 4.46. The Morgan fingerprint density at radius 2 is 1.75 bits per heavy atom. The van der Waals surface area contributed by atoms with Crippen molar-refractivity contribution in [3.05, 3.63) is 48.8 Å². The second-order valence-corrected chi connectivity index (χ2v) is 6.96. The summed E-state index contributed by atoms with van der Waals surface area (Å²) in [6.45, 7) is 5.67. The lowest BCUT2D eigenvalue weighted by Gasteiger charge is -2.36. The van der Waals surface area contributed by atoms with Crippen LogP contribution >= 0.6 is 0 Å². The van der Waals surface area contributed by atoms with E-state index >= 15 is 0 Å². The molecule has 0 radical (unpaired) electrons. The van der Waals surface area contributed by atoms with Crippen molar-refractivity contribution in [1.82, 2.24) is 20.2 Å². The zero-order valence-corrected chi connectivity index (χ0v) is 17.0. The van der Waals surface area contributed by atoms with Crippen LogP contribution in [-0.4, -0.2) is 74.2 Å². The summed E-state index contributed by atoms with van der Waals surface area (Å²) in [5.41, 5.74) is 1.27. The van der Waals surface area contributed by atoms with Gasteiger partial charge in [0.2, 0.25) is 5.95 Å².